The molecule has 0 aliphatic rings. The van der Waals surface area contributed by atoms with Crippen LogP contribution in [0.2, 0.25) is 0 Å². The summed E-state index contributed by atoms with van der Waals surface area (Å²) >= 11 is 0. The molecular formula is C6H12O2. The van der Waals surface area contributed by atoms with Crippen LogP contribution in [0.25, 0.3) is 0 Å². The van der Waals surface area contributed by atoms with Crippen molar-refractivity contribution >= 4 is 0 Å². The Bertz CT molecular complexity index is 60.9. The number of rotatable bonds is 1. The smallest absolute Gasteiger partial charge is 0.0662 e. The van der Waals surface area contributed by atoms with E-state index in [0.29, 0.717) is 0 Å². The van der Waals surface area contributed by atoms with E-state index in [1.165, 1.54) is 0 Å². The van der Waals surface area contributed by atoms with Crippen molar-refractivity contribution in [1.29, 1.82) is 0 Å². The highest BCUT2D eigenvalue weighted by Crippen LogP contribution is 1.46. The van der Waals surface area contributed by atoms with E-state index in [9.17, 15) is 0 Å². The number of aliphatic hydroxyl groups excluding tert-OH is 2. The summed E-state index contributed by atoms with van der Waals surface area (Å²) in [5.41, 5.74) is 2.56. The highest BCUT2D eigenvalue weighted by Gasteiger charge is 1.58. The minimum Gasteiger partial charge on any atom is -0.394 e. The highest BCUT2D eigenvalue weighted by atomic mass is 16.3. The molecule has 0 saturated carbocycles. The molecule has 0 aliphatic carbocycles. The third-order valence-corrected chi connectivity index (χ3v) is 0.304. The van der Waals surface area contributed by atoms with Gasteiger partial charge in [0.25, 0.3) is 0 Å². The first kappa shape index (κ1) is 10.4. The Balaban J connectivity index is 0. The van der Waals surface area contributed by atoms with Crippen molar-refractivity contribution in [2.75, 3.05) is 13.2 Å². The Labute approximate surface area is 49.8 Å². The van der Waals surface area contributed by atoms with Gasteiger partial charge in [0, 0.05) is 0 Å². The van der Waals surface area contributed by atoms with Crippen LogP contribution in [0, 0.1) is 0 Å². The molecule has 0 heterocycles. The van der Waals surface area contributed by atoms with E-state index in [1.807, 2.05) is 6.92 Å². The minimum absolute atomic E-state index is 0.125. The average molecular weight is 116 g/mol. The molecule has 8 heavy (non-hydrogen) atoms. The summed E-state index contributed by atoms with van der Waals surface area (Å²) in [5, 5.41) is 15.2. The van der Waals surface area contributed by atoms with Gasteiger partial charge in [0.15, 0.2) is 0 Å². The molecule has 0 aromatic heterocycles. The summed E-state index contributed by atoms with van der Waals surface area (Å²) < 4.78 is 0. The van der Waals surface area contributed by atoms with Gasteiger partial charge in [0.05, 0.1) is 13.2 Å². The van der Waals surface area contributed by atoms with Crippen molar-refractivity contribution in [3.8, 4) is 0 Å². The topological polar surface area (TPSA) is 40.5 Å². The van der Waals surface area contributed by atoms with Gasteiger partial charge in [-0.15, -0.1) is 5.73 Å². The lowest BCUT2D eigenvalue weighted by molar-refractivity contribution is 0.186. The van der Waals surface area contributed by atoms with E-state index in [1.54, 1.807) is 6.08 Å². The molecule has 0 bridgehead atoms. The van der Waals surface area contributed by atoms with Crippen molar-refractivity contribution in [2.24, 2.45) is 0 Å². The monoisotopic (exact) mass is 116 g/mol. The second kappa shape index (κ2) is 16.1. The Morgan fingerprint density at radius 2 is 1.75 bits per heavy atom. The van der Waals surface area contributed by atoms with Crippen LogP contribution in [0.5, 0.6) is 0 Å². The Hall–Kier alpha value is -0.560. The first-order chi connectivity index (χ1) is 3.83. The fourth-order valence-electron chi connectivity index (χ4n) is 0. The fourth-order valence-corrected chi connectivity index (χ4v) is 0. The number of hydrogen-bond donors (Lipinski definition) is 2. The van der Waals surface area contributed by atoms with E-state index >= 15 is 0 Å². The zero-order valence-corrected chi connectivity index (χ0v) is 5.09. The maximum Gasteiger partial charge on any atom is 0.0662 e. The molecule has 2 heteroatoms. The Morgan fingerprint density at radius 3 is 1.75 bits per heavy atom. The molecule has 0 atom stereocenters. The molecule has 2 nitrogen and oxygen atoms in total. The molecule has 2 N–H and O–H groups in total. The van der Waals surface area contributed by atoms with Crippen LogP contribution in [-0.4, -0.2) is 23.4 Å². The first-order valence-corrected chi connectivity index (χ1v) is 2.35. The van der Waals surface area contributed by atoms with Crippen LogP contribution >= 0.6 is 0 Å². The summed E-state index contributed by atoms with van der Waals surface area (Å²) in [6, 6.07) is 0. The summed E-state index contributed by atoms with van der Waals surface area (Å²) in [4.78, 5) is 0. The molecular weight excluding hydrogens is 104 g/mol. The lowest BCUT2D eigenvalue weighted by atomic mass is 10.7. The SMILES string of the molecule is C=C=CC.OCCO. The molecule has 0 spiro atoms. The van der Waals surface area contributed by atoms with Crippen molar-refractivity contribution in [3.05, 3.63) is 18.4 Å². The molecule has 48 valence electrons. The van der Waals surface area contributed by atoms with Crippen molar-refractivity contribution in [2.45, 2.75) is 6.92 Å². The Kier molecular flexibility index (Phi) is 21.0. The van der Waals surface area contributed by atoms with E-state index in [2.05, 4.69) is 12.3 Å². The van der Waals surface area contributed by atoms with Crippen molar-refractivity contribution in [1.82, 2.24) is 0 Å². The van der Waals surface area contributed by atoms with Gasteiger partial charge in [-0.25, -0.2) is 0 Å². The van der Waals surface area contributed by atoms with Gasteiger partial charge in [-0.05, 0) is 13.0 Å². The van der Waals surface area contributed by atoms with Gasteiger partial charge >= 0.3 is 0 Å². The zero-order chi connectivity index (χ0) is 6.83. The zero-order valence-electron chi connectivity index (χ0n) is 5.09. The van der Waals surface area contributed by atoms with Gasteiger partial charge in [0.1, 0.15) is 0 Å². The van der Waals surface area contributed by atoms with Crippen LogP contribution in [-0.2, 0) is 0 Å². The van der Waals surface area contributed by atoms with Gasteiger partial charge in [-0.3, -0.25) is 0 Å². The third-order valence-electron chi connectivity index (χ3n) is 0.304. The van der Waals surface area contributed by atoms with Gasteiger partial charge in [0.2, 0.25) is 0 Å². The molecule has 0 fully saturated rings. The average Bonchev–Trinajstić information content (AvgIpc) is 1.88. The van der Waals surface area contributed by atoms with E-state index < -0.39 is 0 Å². The minimum atomic E-state index is -0.125. The molecule has 0 radical (unpaired) electrons. The highest BCUT2D eigenvalue weighted by molar-refractivity contribution is 4.67. The van der Waals surface area contributed by atoms with Crippen LogP contribution in [0.3, 0.4) is 0 Å². The van der Waals surface area contributed by atoms with Crippen LogP contribution in [0.15, 0.2) is 18.4 Å². The summed E-state index contributed by atoms with van der Waals surface area (Å²) in [7, 11) is 0. The van der Waals surface area contributed by atoms with E-state index in [0.717, 1.165) is 0 Å². The number of hydrogen-bond acceptors (Lipinski definition) is 2. The number of allylic oxidation sites excluding steroid dienone is 1. The quantitative estimate of drug-likeness (QED) is 0.484. The number of aliphatic hydroxyl groups is 2. The second-order valence-corrected chi connectivity index (χ2v) is 0.940. The third kappa shape index (κ3) is 51.7. The largest absolute Gasteiger partial charge is 0.394 e. The summed E-state index contributed by atoms with van der Waals surface area (Å²) in [6.07, 6.45) is 1.76. The molecule has 0 rings (SSSR count). The summed E-state index contributed by atoms with van der Waals surface area (Å²) in [5.74, 6) is 0. The van der Waals surface area contributed by atoms with Gasteiger partial charge in [-0.1, -0.05) is 6.58 Å². The Morgan fingerprint density at radius 1 is 1.50 bits per heavy atom. The molecule has 0 unspecified atom stereocenters. The van der Waals surface area contributed by atoms with Crippen molar-refractivity contribution < 1.29 is 10.2 Å². The standard InChI is InChI=1S/C4H6.C2H6O2/c1-3-4-2;3-1-2-4/h4H,1H2,2H3;3-4H,1-2H2. The van der Waals surface area contributed by atoms with Crippen LogP contribution in [0.1, 0.15) is 6.92 Å². The van der Waals surface area contributed by atoms with E-state index in [4.69, 9.17) is 10.2 Å². The van der Waals surface area contributed by atoms with Gasteiger partial charge in [-0.2, -0.15) is 0 Å². The first-order valence-electron chi connectivity index (χ1n) is 2.35. The van der Waals surface area contributed by atoms with Crippen molar-refractivity contribution in [3.63, 3.8) is 0 Å². The van der Waals surface area contributed by atoms with Crippen LogP contribution < -0.4 is 0 Å². The lowest BCUT2D eigenvalue weighted by Crippen LogP contribution is -1.85. The molecule has 0 saturated heterocycles. The van der Waals surface area contributed by atoms with E-state index in [-0.39, 0.29) is 13.2 Å². The predicted octanol–water partition coefficient (Wildman–Crippen LogP) is 0.318. The second-order valence-electron chi connectivity index (χ2n) is 0.940. The van der Waals surface area contributed by atoms with Gasteiger partial charge < -0.3 is 10.2 Å². The molecule has 0 aromatic rings. The molecule has 0 amide bonds. The normalized spacial score (nSPS) is 5.88. The predicted molar refractivity (Wildman–Crippen MR) is 33.6 cm³/mol. The molecule has 0 aromatic carbocycles. The molecule has 0 aliphatic heterocycles. The fraction of sp³-hybridized carbons (Fsp3) is 0.500. The summed E-state index contributed by atoms with van der Waals surface area (Å²) in [6.45, 7) is 4.93. The maximum absolute atomic E-state index is 7.62. The maximum atomic E-state index is 7.62. The van der Waals surface area contributed by atoms with Crippen LogP contribution in [0.4, 0.5) is 0 Å². The lowest BCUT2D eigenvalue weighted by Gasteiger charge is -1.70.